The number of nitrogens with zero attached hydrogens (tertiary/aromatic N) is 2. The number of aromatic amines is 1. The molecule has 1 aromatic heterocycles. The third kappa shape index (κ3) is 2.87. The predicted octanol–water partition coefficient (Wildman–Crippen LogP) is 0.929. The molecule has 0 aromatic carbocycles. The van der Waals surface area contributed by atoms with E-state index in [0.29, 0.717) is 12.5 Å². The van der Waals surface area contributed by atoms with Crippen LogP contribution in [0, 0.1) is 0 Å². The van der Waals surface area contributed by atoms with E-state index < -0.39 is 0 Å². The van der Waals surface area contributed by atoms with E-state index >= 15 is 0 Å². The Morgan fingerprint density at radius 2 is 2.17 bits per heavy atom. The number of aromatic nitrogens is 3. The van der Waals surface area contributed by atoms with Gasteiger partial charge in [0.2, 0.25) is 5.82 Å². The molecule has 0 bridgehead atoms. The van der Waals surface area contributed by atoms with Gasteiger partial charge in [-0.1, -0.05) is 13.8 Å². The van der Waals surface area contributed by atoms with Crippen molar-refractivity contribution in [2.24, 2.45) is 5.73 Å². The fourth-order valence-electron chi connectivity index (χ4n) is 1.75. The van der Waals surface area contributed by atoms with Gasteiger partial charge >= 0.3 is 0 Å². The third-order valence-corrected chi connectivity index (χ3v) is 3.68. The second-order valence-electron chi connectivity index (χ2n) is 5.07. The van der Waals surface area contributed by atoms with Crippen molar-refractivity contribution in [3.63, 3.8) is 0 Å². The molecule has 2 rings (SSSR count). The molecule has 1 amide bonds. The Kier molecular flexibility index (Phi) is 3.65. The standard InChI is InChI=1S/C12H21N5O/c1-3-12(13,4-2)7-14-11(18)10-15-9(16-17-10)8-5-6-8/h8H,3-7,13H2,1-2H3,(H,14,18)(H,15,16,17). The Bertz CT molecular complexity index is 420. The van der Waals surface area contributed by atoms with Gasteiger partial charge in [-0.05, 0) is 25.7 Å². The van der Waals surface area contributed by atoms with E-state index in [-0.39, 0.29) is 17.3 Å². The van der Waals surface area contributed by atoms with Gasteiger partial charge in [-0.2, -0.15) is 0 Å². The molecule has 1 aliphatic rings. The van der Waals surface area contributed by atoms with Gasteiger partial charge in [0.1, 0.15) is 5.82 Å². The second kappa shape index (κ2) is 5.06. The van der Waals surface area contributed by atoms with Crippen LogP contribution in [0.4, 0.5) is 0 Å². The van der Waals surface area contributed by atoms with Gasteiger partial charge in [-0.3, -0.25) is 9.89 Å². The van der Waals surface area contributed by atoms with Crippen molar-refractivity contribution < 1.29 is 4.79 Å². The van der Waals surface area contributed by atoms with Crippen LogP contribution in [0.1, 0.15) is 61.9 Å². The van der Waals surface area contributed by atoms with E-state index in [1.165, 1.54) is 0 Å². The van der Waals surface area contributed by atoms with Crippen LogP contribution in [0.5, 0.6) is 0 Å². The molecule has 0 saturated heterocycles. The highest BCUT2D eigenvalue weighted by atomic mass is 16.2. The van der Waals surface area contributed by atoms with Gasteiger partial charge < -0.3 is 11.1 Å². The quantitative estimate of drug-likeness (QED) is 0.700. The van der Waals surface area contributed by atoms with Crippen molar-refractivity contribution in [3.8, 4) is 0 Å². The molecule has 1 aliphatic carbocycles. The number of nitrogens with two attached hydrogens (primary N) is 1. The lowest BCUT2D eigenvalue weighted by Gasteiger charge is -2.26. The normalized spacial score (nSPS) is 15.7. The third-order valence-electron chi connectivity index (χ3n) is 3.68. The fourth-order valence-corrected chi connectivity index (χ4v) is 1.75. The first-order chi connectivity index (χ1) is 8.58. The van der Waals surface area contributed by atoms with Gasteiger partial charge in [0.15, 0.2) is 0 Å². The molecule has 1 heterocycles. The van der Waals surface area contributed by atoms with E-state index in [1.807, 2.05) is 13.8 Å². The number of H-pyrrole nitrogens is 1. The van der Waals surface area contributed by atoms with Crippen LogP contribution in [0.2, 0.25) is 0 Å². The van der Waals surface area contributed by atoms with Crippen molar-refractivity contribution in [3.05, 3.63) is 11.6 Å². The lowest BCUT2D eigenvalue weighted by Crippen LogP contribution is -2.49. The Labute approximate surface area is 107 Å². The SMILES string of the molecule is CCC(N)(CC)CNC(=O)c1n[nH]c(C2CC2)n1. The number of hydrogen-bond acceptors (Lipinski definition) is 4. The minimum atomic E-state index is -0.342. The lowest BCUT2D eigenvalue weighted by molar-refractivity contribution is 0.0932. The average Bonchev–Trinajstić information content (AvgIpc) is 3.13. The zero-order chi connectivity index (χ0) is 13.2. The molecule has 0 radical (unpaired) electrons. The van der Waals surface area contributed by atoms with Gasteiger partial charge in [0, 0.05) is 18.0 Å². The Morgan fingerprint density at radius 3 is 2.72 bits per heavy atom. The van der Waals surface area contributed by atoms with Crippen LogP contribution >= 0.6 is 0 Å². The molecule has 1 aromatic rings. The van der Waals surface area contributed by atoms with E-state index in [2.05, 4.69) is 20.5 Å². The minimum Gasteiger partial charge on any atom is -0.347 e. The second-order valence-corrected chi connectivity index (χ2v) is 5.07. The summed E-state index contributed by atoms with van der Waals surface area (Å²) < 4.78 is 0. The number of carbonyl (C=O) groups is 1. The highest BCUT2D eigenvalue weighted by Crippen LogP contribution is 2.37. The van der Waals surface area contributed by atoms with Crippen molar-refractivity contribution in [1.29, 1.82) is 0 Å². The van der Waals surface area contributed by atoms with Gasteiger partial charge in [0.05, 0.1) is 0 Å². The smallest absolute Gasteiger partial charge is 0.291 e. The molecule has 100 valence electrons. The van der Waals surface area contributed by atoms with Crippen LogP contribution in [-0.2, 0) is 0 Å². The summed E-state index contributed by atoms with van der Waals surface area (Å²) in [6.45, 7) is 4.49. The maximum absolute atomic E-state index is 11.9. The topological polar surface area (TPSA) is 96.7 Å². The number of amides is 1. The number of nitrogens with one attached hydrogen (secondary N) is 2. The van der Waals surface area contributed by atoms with Crippen LogP contribution in [0.3, 0.4) is 0 Å². The van der Waals surface area contributed by atoms with Gasteiger partial charge in [-0.25, -0.2) is 4.98 Å². The summed E-state index contributed by atoms with van der Waals surface area (Å²) in [4.78, 5) is 16.1. The average molecular weight is 251 g/mol. The molecule has 0 unspecified atom stereocenters. The molecular formula is C12H21N5O. The first kappa shape index (κ1) is 13.0. The lowest BCUT2D eigenvalue weighted by atomic mass is 9.94. The first-order valence-corrected chi connectivity index (χ1v) is 6.57. The van der Waals surface area contributed by atoms with Crippen molar-refractivity contribution in [2.75, 3.05) is 6.54 Å². The molecule has 18 heavy (non-hydrogen) atoms. The van der Waals surface area contributed by atoms with Gasteiger partial charge in [0.25, 0.3) is 5.91 Å². The van der Waals surface area contributed by atoms with Crippen LogP contribution in [0.15, 0.2) is 0 Å². The zero-order valence-electron chi connectivity index (χ0n) is 11.0. The molecule has 6 heteroatoms. The molecule has 0 aliphatic heterocycles. The van der Waals surface area contributed by atoms with Crippen LogP contribution < -0.4 is 11.1 Å². The molecule has 6 nitrogen and oxygen atoms in total. The van der Waals surface area contributed by atoms with Gasteiger partial charge in [-0.15, -0.1) is 5.10 Å². The Hall–Kier alpha value is -1.43. The van der Waals surface area contributed by atoms with Crippen LogP contribution in [0.25, 0.3) is 0 Å². The molecular weight excluding hydrogens is 230 g/mol. The zero-order valence-corrected chi connectivity index (χ0v) is 11.0. The molecule has 0 spiro atoms. The van der Waals surface area contributed by atoms with Crippen molar-refractivity contribution in [2.45, 2.75) is 51.0 Å². The van der Waals surface area contributed by atoms with E-state index in [9.17, 15) is 4.79 Å². The summed E-state index contributed by atoms with van der Waals surface area (Å²) >= 11 is 0. The summed E-state index contributed by atoms with van der Waals surface area (Å²) in [5.41, 5.74) is 5.78. The summed E-state index contributed by atoms with van der Waals surface area (Å²) in [5, 5.41) is 9.57. The maximum Gasteiger partial charge on any atom is 0.291 e. The number of hydrogen-bond donors (Lipinski definition) is 3. The first-order valence-electron chi connectivity index (χ1n) is 6.57. The van der Waals surface area contributed by atoms with Crippen molar-refractivity contribution in [1.82, 2.24) is 20.5 Å². The molecule has 1 fully saturated rings. The summed E-state index contributed by atoms with van der Waals surface area (Å²) in [7, 11) is 0. The maximum atomic E-state index is 11.9. The predicted molar refractivity (Wildman–Crippen MR) is 68.2 cm³/mol. The Balaban J connectivity index is 1.90. The van der Waals surface area contributed by atoms with E-state index in [1.54, 1.807) is 0 Å². The van der Waals surface area contributed by atoms with E-state index in [0.717, 1.165) is 31.5 Å². The summed E-state index contributed by atoms with van der Waals surface area (Å²) in [5.74, 6) is 1.26. The monoisotopic (exact) mass is 251 g/mol. The summed E-state index contributed by atoms with van der Waals surface area (Å²) in [6, 6.07) is 0. The summed E-state index contributed by atoms with van der Waals surface area (Å²) in [6.07, 6.45) is 3.91. The largest absolute Gasteiger partial charge is 0.347 e. The van der Waals surface area contributed by atoms with E-state index in [4.69, 9.17) is 5.73 Å². The van der Waals surface area contributed by atoms with Crippen molar-refractivity contribution >= 4 is 5.91 Å². The Morgan fingerprint density at radius 1 is 1.50 bits per heavy atom. The van der Waals surface area contributed by atoms with Crippen LogP contribution in [-0.4, -0.2) is 33.2 Å². The molecule has 1 saturated carbocycles. The fraction of sp³-hybridized carbons (Fsp3) is 0.750. The molecule has 4 N–H and O–H groups in total. The minimum absolute atomic E-state index is 0.214. The molecule has 0 atom stereocenters. The highest BCUT2D eigenvalue weighted by Gasteiger charge is 2.28. The number of rotatable bonds is 6. The highest BCUT2D eigenvalue weighted by molar-refractivity contribution is 5.90. The number of carbonyl (C=O) groups excluding carboxylic acids is 1.